The van der Waals surface area contributed by atoms with Crippen molar-refractivity contribution >= 4 is 34.7 Å². The van der Waals surface area contributed by atoms with Gasteiger partial charge in [-0.1, -0.05) is 25.4 Å². The summed E-state index contributed by atoms with van der Waals surface area (Å²) in [5.41, 5.74) is 1.97. The minimum atomic E-state index is -0.527. The second-order valence-electron chi connectivity index (χ2n) is 7.14. The van der Waals surface area contributed by atoms with Crippen LogP contribution in [0.25, 0.3) is 11.1 Å². The van der Waals surface area contributed by atoms with E-state index in [-0.39, 0.29) is 17.0 Å². The van der Waals surface area contributed by atoms with E-state index < -0.39 is 11.4 Å². The molecule has 4 aromatic rings. The first kappa shape index (κ1) is 20.5. The Labute approximate surface area is 181 Å². The molecule has 158 valence electrons. The number of H-pyrrole nitrogens is 2. The van der Waals surface area contributed by atoms with E-state index in [1.807, 2.05) is 13.8 Å². The van der Waals surface area contributed by atoms with Gasteiger partial charge in [0.2, 0.25) is 5.95 Å². The van der Waals surface area contributed by atoms with Crippen LogP contribution in [-0.4, -0.2) is 25.1 Å². The van der Waals surface area contributed by atoms with Gasteiger partial charge in [-0.25, -0.2) is 9.37 Å². The standard InChI is InChI=1S/C21H19ClFN7O/c1-11(2)19-17(9-15(20(31)29-19)14-7-12(22)3-4-16(14)23)27-13-5-6-24-18(8-13)28-21-25-10-26-30-21/h3-11H,1-2H3,(H,29,31)(H3,24,25,26,27,28,30). The van der Waals surface area contributed by atoms with Gasteiger partial charge in [0.25, 0.3) is 5.56 Å². The molecule has 0 unspecified atom stereocenters. The summed E-state index contributed by atoms with van der Waals surface area (Å²) in [6.07, 6.45) is 3.08. The van der Waals surface area contributed by atoms with Crippen molar-refractivity contribution in [3.8, 4) is 11.1 Å². The lowest BCUT2D eigenvalue weighted by molar-refractivity contribution is 0.631. The van der Waals surface area contributed by atoms with E-state index in [0.717, 1.165) is 0 Å². The zero-order chi connectivity index (χ0) is 22.0. The van der Waals surface area contributed by atoms with E-state index >= 15 is 0 Å². The maximum atomic E-state index is 14.4. The highest BCUT2D eigenvalue weighted by molar-refractivity contribution is 6.30. The third-order valence-corrected chi connectivity index (χ3v) is 4.80. The molecule has 4 N–H and O–H groups in total. The number of aromatic nitrogens is 5. The molecule has 0 spiro atoms. The van der Waals surface area contributed by atoms with Crippen molar-refractivity contribution < 1.29 is 4.39 Å². The van der Waals surface area contributed by atoms with Gasteiger partial charge < -0.3 is 20.6 Å². The topological polar surface area (TPSA) is 111 Å². The molecule has 0 saturated heterocycles. The fourth-order valence-corrected chi connectivity index (χ4v) is 3.30. The molecule has 0 atom stereocenters. The molecule has 0 bridgehead atoms. The number of hydrogen-bond acceptors (Lipinski definition) is 6. The Kier molecular flexibility index (Phi) is 5.68. The van der Waals surface area contributed by atoms with E-state index in [0.29, 0.717) is 33.9 Å². The molecule has 10 heteroatoms. The highest BCUT2D eigenvalue weighted by Gasteiger charge is 2.16. The third-order valence-electron chi connectivity index (χ3n) is 4.57. The van der Waals surface area contributed by atoms with Gasteiger partial charge in [-0.2, -0.15) is 0 Å². The lowest BCUT2D eigenvalue weighted by atomic mass is 10.0. The van der Waals surface area contributed by atoms with Crippen molar-refractivity contribution in [1.29, 1.82) is 0 Å². The van der Waals surface area contributed by atoms with E-state index in [4.69, 9.17) is 11.6 Å². The van der Waals surface area contributed by atoms with Crippen molar-refractivity contribution in [3.63, 3.8) is 0 Å². The first-order valence-electron chi connectivity index (χ1n) is 9.49. The number of halogens is 2. The molecule has 3 heterocycles. The quantitative estimate of drug-likeness (QED) is 0.338. The van der Waals surface area contributed by atoms with Gasteiger partial charge in [0.1, 0.15) is 18.0 Å². The third kappa shape index (κ3) is 4.56. The van der Waals surface area contributed by atoms with Gasteiger partial charge in [0.05, 0.1) is 11.3 Å². The fourth-order valence-electron chi connectivity index (χ4n) is 3.13. The second kappa shape index (κ2) is 8.57. The van der Waals surface area contributed by atoms with Crippen molar-refractivity contribution in [2.45, 2.75) is 19.8 Å². The van der Waals surface area contributed by atoms with Gasteiger partial charge in [0.15, 0.2) is 0 Å². The number of nitrogens with zero attached hydrogens (tertiary/aromatic N) is 3. The van der Waals surface area contributed by atoms with Crippen LogP contribution in [0.3, 0.4) is 0 Å². The van der Waals surface area contributed by atoms with Crippen molar-refractivity contribution in [1.82, 2.24) is 25.1 Å². The first-order valence-corrected chi connectivity index (χ1v) is 9.87. The second-order valence-corrected chi connectivity index (χ2v) is 7.57. The summed E-state index contributed by atoms with van der Waals surface area (Å²) in [5, 5.41) is 14.2. The van der Waals surface area contributed by atoms with Crippen LogP contribution in [0.15, 0.2) is 53.7 Å². The SMILES string of the molecule is CC(C)c1[nH]c(=O)c(-c2cc(Cl)ccc2F)cc1Nc1ccnc(Nc2nnc[nH]2)c1. The summed E-state index contributed by atoms with van der Waals surface area (Å²) in [5.74, 6) is 0.483. The number of aromatic amines is 2. The lowest BCUT2D eigenvalue weighted by Crippen LogP contribution is -2.15. The molecule has 0 aliphatic rings. The summed E-state index contributed by atoms with van der Waals surface area (Å²) in [6.45, 7) is 3.92. The predicted octanol–water partition coefficient (Wildman–Crippen LogP) is 4.96. The normalized spacial score (nSPS) is 11.0. The summed E-state index contributed by atoms with van der Waals surface area (Å²) in [7, 11) is 0. The molecule has 3 aromatic heterocycles. The van der Waals surface area contributed by atoms with Gasteiger partial charge in [-0.15, -0.1) is 10.2 Å². The zero-order valence-electron chi connectivity index (χ0n) is 16.7. The lowest BCUT2D eigenvalue weighted by Gasteiger charge is -2.17. The average molecular weight is 440 g/mol. The van der Waals surface area contributed by atoms with Crippen LogP contribution in [0, 0.1) is 5.82 Å². The van der Waals surface area contributed by atoms with Gasteiger partial charge in [-0.3, -0.25) is 4.79 Å². The van der Waals surface area contributed by atoms with Gasteiger partial charge in [-0.05, 0) is 36.2 Å². The highest BCUT2D eigenvalue weighted by Crippen LogP contribution is 2.31. The zero-order valence-corrected chi connectivity index (χ0v) is 17.5. The number of benzene rings is 1. The Morgan fingerprint density at radius 1 is 1.10 bits per heavy atom. The maximum Gasteiger partial charge on any atom is 0.256 e. The molecular formula is C21H19ClFN7O. The van der Waals surface area contributed by atoms with E-state index in [9.17, 15) is 9.18 Å². The fraction of sp³-hybridized carbons (Fsp3) is 0.143. The Bertz CT molecular complexity index is 1270. The molecule has 4 rings (SSSR count). The van der Waals surface area contributed by atoms with Crippen molar-refractivity contribution in [2.75, 3.05) is 10.6 Å². The summed E-state index contributed by atoms with van der Waals surface area (Å²) in [4.78, 5) is 22.7. The average Bonchev–Trinajstić information content (AvgIpc) is 3.24. The van der Waals surface area contributed by atoms with Crippen LogP contribution in [0.5, 0.6) is 0 Å². The molecule has 0 amide bonds. The summed E-state index contributed by atoms with van der Waals surface area (Å²) in [6, 6.07) is 9.30. The maximum absolute atomic E-state index is 14.4. The number of anilines is 4. The number of rotatable bonds is 6. The summed E-state index contributed by atoms with van der Waals surface area (Å²) >= 11 is 6.03. The van der Waals surface area contributed by atoms with Crippen LogP contribution < -0.4 is 16.2 Å². The molecule has 1 aromatic carbocycles. The minimum Gasteiger partial charge on any atom is -0.354 e. The summed E-state index contributed by atoms with van der Waals surface area (Å²) < 4.78 is 14.4. The molecule has 8 nitrogen and oxygen atoms in total. The van der Waals surface area contributed by atoms with Crippen LogP contribution in [0.2, 0.25) is 5.02 Å². The van der Waals surface area contributed by atoms with E-state index in [1.54, 1.807) is 24.4 Å². The number of hydrogen-bond donors (Lipinski definition) is 4. The molecule has 0 aliphatic carbocycles. The number of pyridine rings is 2. The Morgan fingerprint density at radius 2 is 1.94 bits per heavy atom. The van der Waals surface area contributed by atoms with Crippen LogP contribution in [-0.2, 0) is 0 Å². The van der Waals surface area contributed by atoms with E-state index in [2.05, 4.69) is 35.8 Å². The Morgan fingerprint density at radius 3 is 2.68 bits per heavy atom. The Balaban J connectivity index is 1.74. The molecule has 0 radical (unpaired) electrons. The van der Waals surface area contributed by atoms with Crippen LogP contribution in [0.1, 0.15) is 25.5 Å². The molecular weight excluding hydrogens is 421 g/mol. The smallest absolute Gasteiger partial charge is 0.256 e. The molecule has 31 heavy (non-hydrogen) atoms. The Hall–Kier alpha value is -3.72. The van der Waals surface area contributed by atoms with Crippen molar-refractivity contribution in [2.24, 2.45) is 0 Å². The largest absolute Gasteiger partial charge is 0.354 e. The number of nitrogens with one attached hydrogen (secondary N) is 4. The highest BCUT2D eigenvalue weighted by atomic mass is 35.5. The van der Waals surface area contributed by atoms with Crippen molar-refractivity contribution in [3.05, 3.63) is 75.8 Å². The van der Waals surface area contributed by atoms with Crippen LogP contribution >= 0.6 is 11.6 Å². The van der Waals surface area contributed by atoms with Crippen LogP contribution in [0.4, 0.5) is 27.5 Å². The monoisotopic (exact) mass is 439 g/mol. The van der Waals surface area contributed by atoms with E-state index in [1.165, 1.54) is 24.5 Å². The minimum absolute atomic E-state index is 0.0158. The predicted molar refractivity (Wildman–Crippen MR) is 119 cm³/mol. The van der Waals surface area contributed by atoms with Gasteiger partial charge in [0, 0.05) is 34.2 Å². The first-order chi connectivity index (χ1) is 14.9. The molecule has 0 fully saturated rings. The molecule has 0 saturated carbocycles. The van der Waals surface area contributed by atoms with Gasteiger partial charge >= 0.3 is 0 Å². The molecule has 0 aliphatic heterocycles.